The summed E-state index contributed by atoms with van der Waals surface area (Å²) >= 11 is 1.18. The Labute approximate surface area is 164 Å². The first kappa shape index (κ1) is 17.8. The summed E-state index contributed by atoms with van der Waals surface area (Å²) in [5, 5.41) is 20.7. The van der Waals surface area contributed by atoms with Gasteiger partial charge in [0.15, 0.2) is 0 Å². The lowest BCUT2D eigenvalue weighted by Crippen LogP contribution is -2.22. The van der Waals surface area contributed by atoms with E-state index in [0.29, 0.717) is 22.4 Å². The summed E-state index contributed by atoms with van der Waals surface area (Å²) in [7, 11) is 0. The van der Waals surface area contributed by atoms with Crippen molar-refractivity contribution in [1.82, 2.24) is 15.2 Å². The Bertz CT molecular complexity index is 1190. The van der Waals surface area contributed by atoms with Gasteiger partial charge in [-0.15, -0.1) is 10.2 Å². The fraction of sp³-hybridized carbons (Fsp3) is 0.100. The Hall–Kier alpha value is -3.57. The summed E-state index contributed by atoms with van der Waals surface area (Å²) in [5.41, 5.74) is 2.86. The molecule has 2 aromatic heterocycles. The first-order valence-electron chi connectivity index (χ1n) is 8.52. The number of hydrogen-bond donors (Lipinski definition) is 2. The van der Waals surface area contributed by atoms with Gasteiger partial charge in [0.05, 0.1) is 22.4 Å². The lowest BCUT2D eigenvalue weighted by atomic mass is 10.2. The molecule has 0 saturated heterocycles. The van der Waals surface area contributed by atoms with Gasteiger partial charge in [0.25, 0.3) is 11.1 Å². The molecule has 0 aliphatic carbocycles. The highest BCUT2D eigenvalue weighted by Gasteiger charge is 2.20. The average Bonchev–Trinajstić information content (AvgIpc) is 3.34. The SMILES string of the molecule is C[C@H](Sc1nnc(-c2c[nH]c3ccccc23)o1)C(=O)Nc1cccc(C#N)c1. The van der Waals surface area contributed by atoms with E-state index in [4.69, 9.17) is 9.68 Å². The second kappa shape index (κ2) is 7.58. The van der Waals surface area contributed by atoms with E-state index in [-0.39, 0.29) is 5.91 Å². The van der Waals surface area contributed by atoms with Crippen LogP contribution in [-0.4, -0.2) is 26.3 Å². The van der Waals surface area contributed by atoms with Crippen molar-refractivity contribution >= 4 is 34.3 Å². The van der Waals surface area contributed by atoms with Crippen LogP contribution in [0.3, 0.4) is 0 Å². The predicted molar refractivity (Wildman–Crippen MR) is 107 cm³/mol. The van der Waals surface area contributed by atoms with E-state index < -0.39 is 5.25 Å². The highest BCUT2D eigenvalue weighted by molar-refractivity contribution is 8.00. The predicted octanol–water partition coefficient (Wildman–Crippen LogP) is 4.21. The molecule has 8 heteroatoms. The van der Waals surface area contributed by atoms with Crippen LogP contribution in [-0.2, 0) is 4.79 Å². The van der Waals surface area contributed by atoms with E-state index in [0.717, 1.165) is 16.5 Å². The molecule has 2 heterocycles. The third-order valence-electron chi connectivity index (χ3n) is 4.13. The zero-order chi connectivity index (χ0) is 19.5. The zero-order valence-corrected chi connectivity index (χ0v) is 15.7. The number of nitrogens with one attached hydrogen (secondary N) is 2. The number of benzene rings is 2. The number of hydrogen-bond acceptors (Lipinski definition) is 6. The van der Waals surface area contributed by atoms with Crippen molar-refractivity contribution in [3.63, 3.8) is 0 Å². The van der Waals surface area contributed by atoms with Crippen LogP contribution >= 0.6 is 11.8 Å². The number of rotatable bonds is 5. The van der Waals surface area contributed by atoms with Crippen LogP contribution in [0.2, 0.25) is 0 Å². The third-order valence-corrected chi connectivity index (χ3v) is 5.07. The molecule has 0 saturated carbocycles. The van der Waals surface area contributed by atoms with Gasteiger partial charge in [-0.1, -0.05) is 36.0 Å². The highest BCUT2D eigenvalue weighted by Crippen LogP contribution is 2.30. The van der Waals surface area contributed by atoms with Crippen molar-refractivity contribution in [2.45, 2.75) is 17.4 Å². The van der Waals surface area contributed by atoms with Crippen LogP contribution in [0.1, 0.15) is 12.5 Å². The number of carbonyl (C=O) groups excluding carboxylic acids is 1. The van der Waals surface area contributed by atoms with Crippen LogP contribution in [0.25, 0.3) is 22.4 Å². The summed E-state index contributed by atoms with van der Waals surface area (Å²) in [5.74, 6) is 0.182. The number of carbonyl (C=O) groups is 1. The molecule has 0 bridgehead atoms. The van der Waals surface area contributed by atoms with Crippen LogP contribution < -0.4 is 5.32 Å². The first-order chi connectivity index (χ1) is 13.6. The van der Waals surface area contributed by atoms with Crippen molar-refractivity contribution in [2.24, 2.45) is 0 Å². The number of thioether (sulfide) groups is 1. The van der Waals surface area contributed by atoms with Crippen LogP contribution in [0.5, 0.6) is 0 Å². The number of H-pyrrole nitrogens is 1. The van der Waals surface area contributed by atoms with Crippen molar-refractivity contribution in [3.8, 4) is 17.5 Å². The van der Waals surface area contributed by atoms with Crippen molar-refractivity contribution in [2.75, 3.05) is 5.32 Å². The van der Waals surface area contributed by atoms with Crippen molar-refractivity contribution in [1.29, 1.82) is 5.26 Å². The smallest absolute Gasteiger partial charge is 0.277 e. The second-order valence-corrected chi connectivity index (χ2v) is 7.36. The van der Waals surface area contributed by atoms with Crippen LogP contribution in [0, 0.1) is 11.3 Å². The summed E-state index contributed by atoms with van der Waals surface area (Å²) in [4.78, 5) is 15.6. The molecular formula is C20H15N5O2S. The molecule has 0 radical (unpaired) electrons. The number of nitrogens with zero attached hydrogens (tertiary/aromatic N) is 3. The summed E-state index contributed by atoms with van der Waals surface area (Å²) < 4.78 is 5.74. The van der Waals surface area contributed by atoms with Gasteiger partial charge >= 0.3 is 0 Å². The van der Waals surface area contributed by atoms with E-state index >= 15 is 0 Å². The largest absolute Gasteiger partial charge is 0.411 e. The minimum absolute atomic E-state index is 0.216. The fourth-order valence-electron chi connectivity index (χ4n) is 2.73. The molecule has 4 rings (SSSR count). The fourth-order valence-corrected chi connectivity index (χ4v) is 3.41. The maximum Gasteiger partial charge on any atom is 0.277 e. The Balaban J connectivity index is 1.46. The van der Waals surface area contributed by atoms with Gasteiger partial charge in [-0.05, 0) is 31.2 Å². The normalized spacial score (nSPS) is 11.9. The number of para-hydroxylation sites is 1. The molecule has 0 spiro atoms. The molecule has 0 fully saturated rings. The lowest BCUT2D eigenvalue weighted by molar-refractivity contribution is -0.115. The standard InChI is InChI=1S/C20H15N5O2S/c1-12(18(26)23-14-6-4-5-13(9-14)10-21)28-20-25-24-19(27-20)16-11-22-17-8-3-2-7-15(16)17/h2-9,11-12,22H,1H3,(H,23,26)/t12-/m0/s1. The summed E-state index contributed by atoms with van der Waals surface area (Å²) in [6.45, 7) is 1.75. The molecule has 0 aliphatic heterocycles. The summed E-state index contributed by atoms with van der Waals surface area (Å²) in [6.07, 6.45) is 1.82. The van der Waals surface area contributed by atoms with Gasteiger partial charge in [0, 0.05) is 22.8 Å². The minimum atomic E-state index is -0.456. The molecule has 1 amide bonds. The van der Waals surface area contributed by atoms with Gasteiger partial charge in [0.2, 0.25) is 5.91 Å². The third kappa shape index (κ3) is 3.61. The Kier molecular flexibility index (Phi) is 4.83. The monoisotopic (exact) mass is 389 g/mol. The molecule has 2 N–H and O–H groups in total. The molecule has 138 valence electrons. The summed E-state index contributed by atoms with van der Waals surface area (Å²) in [6, 6.07) is 16.6. The Morgan fingerprint density at radius 1 is 1.25 bits per heavy atom. The zero-order valence-electron chi connectivity index (χ0n) is 14.8. The van der Waals surface area contributed by atoms with E-state index in [1.54, 1.807) is 31.2 Å². The maximum absolute atomic E-state index is 12.4. The number of aromatic nitrogens is 3. The molecular weight excluding hydrogens is 374 g/mol. The second-order valence-electron chi connectivity index (χ2n) is 6.06. The van der Waals surface area contributed by atoms with Gasteiger partial charge in [-0.2, -0.15) is 5.26 Å². The van der Waals surface area contributed by atoms with Crippen molar-refractivity contribution in [3.05, 3.63) is 60.3 Å². The van der Waals surface area contributed by atoms with E-state index in [9.17, 15) is 4.79 Å². The van der Waals surface area contributed by atoms with Crippen molar-refractivity contribution < 1.29 is 9.21 Å². The van der Waals surface area contributed by atoms with Crippen LogP contribution in [0.15, 0.2) is 64.4 Å². The highest BCUT2D eigenvalue weighted by atomic mass is 32.2. The molecule has 7 nitrogen and oxygen atoms in total. The lowest BCUT2D eigenvalue weighted by Gasteiger charge is -2.09. The first-order valence-corrected chi connectivity index (χ1v) is 9.39. The van der Waals surface area contributed by atoms with Gasteiger partial charge in [0.1, 0.15) is 0 Å². The Morgan fingerprint density at radius 2 is 2.11 bits per heavy atom. The minimum Gasteiger partial charge on any atom is -0.411 e. The molecule has 4 aromatic rings. The Morgan fingerprint density at radius 3 is 2.96 bits per heavy atom. The van der Waals surface area contributed by atoms with E-state index in [1.165, 1.54) is 11.8 Å². The number of aromatic amines is 1. The number of anilines is 1. The number of fused-ring (bicyclic) bond motifs is 1. The maximum atomic E-state index is 12.4. The number of amides is 1. The topological polar surface area (TPSA) is 108 Å². The molecule has 0 aliphatic rings. The van der Waals surface area contributed by atoms with Crippen LogP contribution in [0.4, 0.5) is 5.69 Å². The van der Waals surface area contributed by atoms with E-state index in [1.807, 2.05) is 36.5 Å². The van der Waals surface area contributed by atoms with Gasteiger partial charge in [-0.3, -0.25) is 4.79 Å². The molecule has 0 unspecified atom stereocenters. The van der Waals surface area contributed by atoms with Gasteiger partial charge < -0.3 is 14.7 Å². The van der Waals surface area contributed by atoms with E-state index in [2.05, 4.69) is 20.5 Å². The average molecular weight is 389 g/mol. The quantitative estimate of drug-likeness (QED) is 0.495. The molecule has 28 heavy (non-hydrogen) atoms. The molecule has 2 aromatic carbocycles. The molecule has 1 atom stereocenters. The van der Waals surface area contributed by atoms with Gasteiger partial charge in [-0.25, -0.2) is 0 Å². The number of nitriles is 1.